The van der Waals surface area contributed by atoms with Crippen LogP contribution in [-0.2, 0) is 56.8 Å². The van der Waals surface area contributed by atoms with Gasteiger partial charge in [0, 0.05) is 12.3 Å². The number of hydrogen-bond donors (Lipinski definition) is 14. The van der Waals surface area contributed by atoms with Crippen LogP contribution in [-0.4, -0.2) is 264 Å². The third-order valence-electron chi connectivity index (χ3n) is 21.4. The van der Waals surface area contributed by atoms with Gasteiger partial charge in [0.2, 0.25) is 0 Å². The molecule has 4 saturated carbocycles. The lowest BCUT2D eigenvalue weighted by molar-refractivity contribution is -0.419. The molecule has 11 rings (SSSR count). The van der Waals surface area contributed by atoms with Crippen LogP contribution < -0.4 is 0 Å². The molecule has 14 N–H and O–H groups in total. The molecule has 460 valence electrons. The Bertz CT molecular complexity index is 2070. The Morgan fingerprint density at radius 3 is 1.81 bits per heavy atom. The second-order valence-corrected chi connectivity index (χ2v) is 25.9. The van der Waals surface area contributed by atoms with Crippen LogP contribution >= 0.6 is 0 Å². The molecule has 26 nitrogen and oxygen atoms in total. The van der Waals surface area contributed by atoms with Crippen LogP contribution in [0.5, 0.6) is 0 Å². The molecule has 11 aliphatic rings. The topological polar surface area (TPSA) is 394 Å². The summed E-state index contributed by atoms with van der Waals surface area (Å²) >= 11 is 0. The van der Waals surface area contributed by atoms with Gasteiger partial charge in [0.15, 0.2) is 43.5 Å². The van der Waals surface area contributed by atoms with Crippen molar-refractivity contribution in [3.8, 4) is 0 Å². The lowest BCUT2D eigenvalue weighted by Gasteiger charge is -2.61. The van der Waals surface area contributed by atoms with Gasteiger partial charge in [-0.05, 0) is 104 Å². The van der Waals surface area contributed by atoms with Gasteiger partial charge in [-0.15, -0.1) is 0 Å². The van der Waals surface area contributed by atoms with Gasteiger partial charge >= 0.3 is 0 Å². The van der Waals surface area contributed by atoms with Crippen molar-refractivity contribution < 1.29 is 128 Å². The first-order chi connectivity index (χ1) is 38.0. The van der Waals surface area contributed by atoms with Gasteiger partial charge < -0.3 is 128 Å². The van der Waals surface area contributed by atoms with Crippen LogP contribution in [0.2, 0.25) is 0 Å². The van der Waals surface area contributed by atoms with Crippen molar-refractivity contribution >= 4 is 0 Å². The molecular weight excluding hydrogens is 1060 g/mol. The van der Waals surface area contributed by atoms with Crippen molar-refractivity contribution in [2.45, 2.75) is 251 Å². The lowest BCUT2D eigenvalue weighted by Crippen LogP contribution is -2.68. The summed E-state index contributed by atoms with van der Waals surface area (Å²) in [5.41, 5.74) is 0.238. The standard InChI is InChI=1S/C54H88O26/c1-20-7-12-54(71-17-20)21(2)32-29(80-54)14-26-24-6-5-22-13-23(8-10-52(22,3)25(24)9-11-53(26,32)4)72-49-39(65)36(62)43(31(16-56)74-49)76-51-45(44(40(66)46(68)79-51)77-50-38(64)35(61)34(60)30(15-55)73-50)78-48-41(67)42(28(58)19-70-48)75-47-37(63)33(59)27(57)18-69-47/h20-51,55-68H,5-19H2,1-4H3/t20-,21+,22+,23+,24-,25+,26-,27-,28-,29+,30-,31-,32+,33+,34-,35+,36-,37-,38-,39-,40+,41-,42+,43+,44+,45-,46+,47+,48+,49-,50+,51-,52+,53+,54-/m1/s1. The van der Waals surface area contributed by atoms with Gasteiger partial charge in [-0.25, -0.2) is 0 Å². The zero-order chi connectivity index (χ0) is 57.1. The van der Waals surface area contributed by atoms with E-state index >= 15 is 0 Å². The Hall–Kier alpha value is -1.04. The van der Waals surface area contributed by atoms with Crippen LogP contribution in [0.15, 0.2) is 0 Å². The quantitative estimate of drug-likeness (QED) is 0.0832. The van der Waals surface area contributed by atoms with Gasteiger partial charge in [0.25, 0.3) is 0 Å². The predicted molar refractivity (Wildman–Crippen MR) is 264 cm³/mol. The molecule has 35 atom stereocenters. The van der Waals surface area contributed by atoms with E-state index < -0.39 is 174 Å². The van der Waals surface area contributed by atoms with Crippen LogP contribution in [0.3, 0.4) is 0 Å². The number of ether oxygens (including phenoxy) is 12. The number of aliphatic hydroxyl groups is 14. The van der Waals surface area contributed by atoms with Crippen molar-refractivity contribution in [1.29, 1.82) is 0 Å². The molecule has 7 aliphatic heterocycles. The second kappa shape index (κ2) is 23.6. The third-order valence-corrected chi connectivity index (χ3v) is 21.4. The van der Waals surface area contributed by atoms with Crippen LogP contribution in [0.1, 0.15) is 91.9 Å². The fourth-order valence-corrected chi connectivity index (χ4v) is 16.9. The zero-order valence-corrected chi connectivity index (χ0v) is 45.7. The molecule has 7 saturated heterocycles. The van der Waals surface area contributed by atoms with E-state index in [-0.39, 0.29) is 23.0 Å². The second-order valence-electron chi connectivity index (χ2n) is 25.9. The van der Waals surface area contributed by atoms with E-state index in [1.165, 1.54) is 0 Å². The molecular formula is C54H88O26. The Morgan fingerprint density at radius 2 is 1.10 bits per heavy atom. The molecule has 0 aromatic rings. The van der Waals surface area contributed by atoms with Gasteiger partial charge in [-0.2, -0.15) is 0 Å². The van der Waals surface area contributed by atoms with Crippen LogP contribution in [0, 0.1) is 52.3 Å². The summed E-state index contributed by atoms with van der Waals surface area (Å²) in [6.07, 6.45) is -32.5. The molecule has 80 heavy (non-hydrogen) atoms. The largest absolute Gasteiger partial charge is 0.394 e. The smallest absolute Gasteiger partial charge is 0.190 e. The third kappa shape index (κ3) is 10.6. The summed E-state index contributed by atoms with van der Waals surface area (Å²) < 4.78 is 72.4. The Balaban J connectivity index is 0.768. The molecule has 4 aliphatic carbocycles. The SMILES string of the molecule is C[C@@H]1CC[C@@]2(OC1)O[C@H]1C[C@@H]3[C@@H]4CC[C@H]5C[C@@H](O[C@@H]6O[C@H](CO)[C@H](O[C@@H]7O[C@H](O)[C@@H](O)[C@H](O[C@@H]8O[C@H](CO)[C@@H](O)[C@H](O)[C@H]8O)[C@H]7O[C@@H]7OC[C@@H](O)[C@H](O[C@@H]8OC[C@@H](O)[C@H](O)[C@H]8O)[C@H]7O)[C@H](O)[C@H]6O)CC[C@]5(C)[C@H]4CC[C@]3(C)[C@H]1[C@@H]2C. The maximum absolute atomic E-state index is 11.9. The number of fused-ring (bicyclic) bond motifs is 7. The molecule has 1 spiro atoms. The fourth-order valence-electron chi connectivity index (χ4n) is 16.9. The summed E-state index contributed by atoms with van der Waals surface area (Å²) in [5, 5.41) is 152. The highest BCUT2D eigenvalue weighted by atomic mass is 16.8. The fraction of sp³-hybridized carbons (Fsp3) is 1.00. The highest BCUT2D eigenvalue weighted by Gasteiger charge is 2.69. The number of aliphatic hydroxyl groups excluding tert-OH is 14. The first kappa shape index (κ1) is 60.6. The van der Waals surface area contributed by atoms with Gasteiger partial charge in [-0.3, -0.25) is 0 Å². The van der Waals surface area contributed by atoms with E-state index in [0.29, 0.717) is 54.3 Å². The summed E-state index contributed by atoms with van der Waals surface area (Å²) in [6.45, 7) is 7.52. The molecule has 0 bridgehead atoms. The van der Waals surface area contributed by atoms with Gasteiger partial charge in [0.05, 0.1) is 45.2 Å². The summed E-state index contributed by atoms with van der Waals surface area (Å²) in [5.74, 6) is 2.89. The van der Waals surface area contributed by atoms with Crippen LogP contribution in [0.4, 0.5) is 0 Å². The molecule has 0 aromatic carbocycles. The zero-order valence-electron chi connectivity index (χ0n) is 45.7. The minimum absolute atomic E-state index is 0.0597. The molecule has 11 fully saturated rings. The van der Waals surface area contributed by atoms with Gasteiger partial charge in [0.1, 0.15) is 104 Å². The monoisotopic (exact) mass is 1150 g/mol. The maximum atomic E-state index is 11.9. The van der Waals surface area contributed by atoms with Crippen molar-refractivity contribution in [3.05, 3.63) is 0 Å². The van der Waals surface area contributed by atoms with E-state index in [1.807, 2.05) is 0 Å². The number of rotatable bonds is 12. The molecule has 0 radical (unpaired) electrons. The van der Waals surface area contributed by atoms with E-state index in [1.54, 1.807) is 0 Å². The predicted octanol–water partition coefficient (Wildman–Crippen LogP) is -3.85. The van der Waals surface area contributed by atoms with E-state index in [9.17, 15) is 71.5 Å². The Kier molecular flexibility index (Phi) is 17.9. The summed E-state index contributed by atoms with van der Waals surface area (Å²) in [6, 6.07) is 0. The Labute approximate surface area is 463 Å². The Morgan fingerprint density at radius 1 is 0.475 bits per heavy atom. The molecule has 26 heteroatoms. The average Bonchev–Trinajstić information content (AvgIpc) is 4.13. The van der Waals surface area contributed by atoms with Crippen LogP contribution in [0.25, 0.3) is 0 Å². The van der Waals surface area contributed by atoms with E-state index in [0.717, 1.165) is 58.0 Å². The summed E-state index contributed by atoms with van der Waals surface area (Å²) in [4.78, 5) is 0. The minimum atomic E-state index is -2.24. The van der Waals surface area contributed by atoms with Crippen molar-refractivity contribution in [2.75, 3.05) is 33.0 Å². The van der Waals surface area contributed by atoms with Crippen molar-refractivity contribution in [2.24, 2.45) is 52.3 Å². The first-order valence-electron chi connectivity index (χ1n) is 29.2. The molecule has 0 unspecified atom stereocenters. The van der Waals surface area contributed by atoms with Crippen molar-refractivity contribution in [1.82, 2.24) is 0 Å². The maximum Gasteiger partial charge on any atom is 0.190 e. The number of hydrogen-bond acceptors (Lipinski definition) is 26. The van der Waals surface area contributed by atoms with E-state index in [4.69, 9.17) is 56.8 Å². The molecule has 0 amide bonds. The normalized spacial score (nSPS) is 58.1. The lowest BCUT2D eigenvalue weighted by atomic mass is 9.44. The summed E-state index contributed by atoms with van der Waals surface area (Å²) in [7, 11) is 0. The van der Waals surface area contributed by atoms with Gasteiger partial charge in [-0.1, -0.05) is 27.7 Å². The highest BCUT2D eigenvalue weighted by molar-refractivity contribution is 5.16. The first-order valence-corrected chi connectivity index (χ1v) is 29.2. The highest BCUT2D eigenvalue weighted by Crippen LogP contribution is 2.71. The molecule has 0 aromatic heterocycles. The average molecular weight is 1150 g/mol. The van der Waals surface area contributed by atoms with E-state index in [2.05, 4.69) is 27.7 Å². The van der Waals surface area contributed by atoms with Crippen molar-refractivity contribution in [3.63, 3.8) is 0 Å². The minimum Gasteiger partial charge on any atom is -0.394 e. The molecule has 7 heterocycles.